The van der Waals surface area contributed by atoms with Gasteiger partial charge in [0.1, 0.15) is 23.4 Å². The van der Waals surface area contributed by atoms with Crippen molar-refractivity contribution in [3.8, 4) is 11.4 Å². The Balaban J connectivity index is 1.76. The number of anilines is 1. The van der Waals surface area contributed by atoms with Crippen molar-refractivity contribution < 1.29 is 4.79 Å². The predicted octanol–water partition coefficient (Wildman–Crippen LogP) is 3.46. The molecule has 0 radical (unpaired) electrons. The summed E-state index contributed by atoms with van der Waals surface area (Å²) in [6.45, 7) is 4.21. The molecule has 0 saturated heterocycles. The quantitative estimate of drug-likeness (QED) is 0.755. The highest BCUT2D eigenvalue weighted by atomic mass is 32.1. The van der Waals surface area contributed by atoms with Gasteiger partial charge in [0.2, 0.25) is 5.91 Å². The summed E-state index contributed by atoms with van der Waals surface area (Å²) in [5.74, 6) is 0.518. The first kappa shape index (κ1) is 14.6. The lowest BCUT2D eigenvalue weighted by molar-refractivity contribution is -0.116. The topological polar surface area (TPSA) is 83.6 Å². The van der Waals surface area contributed by atoms with Crippen LogP contribution in [0.4, 0.5) is 5.13 Å². The number of hydrogen-bond donors (Lipinski definition) is 2. The van der Waals surface area contributed by atoms with Crippen LogP contribution in [0.1, 0.15) is 26.7 Å². The van der Waals surface area contributed by atoms with E-state index in [-0.39, 0.29) is 5.91 Å². The second kappa shape index (κ2) is 6.23. The Morgan fingerprint density at radius 1 is 1.41 bits per heavy atom. The molecule has 0 aromatic carbocycles. The number of hydrogen-bond acceptors (Lipinski definition) is 5. The van der Waals surface area contributed by atoms with Gasteiger partial charge in [-0.3, -0.25) is 4.79 Å². The summed E-state index contributed by atoms with van der Waals surface area (Å²) < 4.78 is 0. The van der Waals surface area contributed by atoms with Gasteiger partial charge in [0, 0.05) is 23.4 Å². The molecule has 2 N–H and O–H groups in total. The lowest BCUT2D eigenvalue weighted by Gasteiger charge is -2.03. The third-order valence-electron chi connectivity index (χ3n) is 3.30. The molecule has 3 heterocycles. The first-order valence-electron chi connectivity index (χ1n) is 7.17. The van der Waals surface area contributed by atoms with E-state index in [0.29, 0.717) is 17.5 Å². The van der Waals surface area contributed by atoms with Crippen LogP contribution in [0.3, 0.4) is 0 Å². The summed E-state index contributed by atoms with van der Waals surface area (Å²) in [5.41, 5.74) is 2.29. The number of thiazole rings is 1. The largest absolute Gasteiger partial charge is 0.346 e. The number of nitrogens with one attached hydrogen (secondary N) is 2. The smallest absolute Gasteiger partial charge is 0.226 e. The normalized spacial score (nSPS) is 11.2. The number of aromatic nitrogens is 4. The highest BCUT2D eigenvalue weighted by Crippen LogP contribution is 2.28. The van der Waals surface area contributed by atoms with E-state index in [1.165, 1.54) is 17.7 Å². The van der Waals surface area contributed by atoms with Crippen molar-refractivity contribution in [1.82, 2.24) is 19.9 Å². The van der Waals surface area contributed by atoms with E-state index < -0.39 is 0 Å². The predicted molar refractivity (Wildman–Crippen MR) is 87.7 cm³/mol. The highest BCUT2D eigenvalue weighted by Gasteiger charge is 2.12. The molecule has 0 bridgehead atoms. The molecule has 3 aromatic heterocycles. The molecule has 6 nitrogen and oxygen atoms in total. The third-order valence-corrected chi connectivity index (χ3v) is 4.05. The monoisotopic (exact) mass is 315 g/mol. The summed E-state index contributed by atoms with van der Waals surface area (Å²) >= 11 is 1.40. The summed E-state index contributed by atoms with van der Waals surface area (Å²) in [5, 5.41) is 6.27. The number of amides is 1. The summed E-state index contributed by atoms with van der Waals surface area (Å²) in [4.78, 5) is 27.8. The molecule has 3 aromatic rings. The van der Waals surface area contributed by atoms with Crippen LogP contribution in [-0.4, -0.2) is 25.8 Å². The Bertz CT molecular complexity index is 792. The number of fused-ring (bicyclic) bond motifs is 1. The van der Waals surface area contributed by atoms with Gasteiger partial charge in [0.15, 0.2) is 5.13 Å². The SMILES string of the molecule is CC(C)CCC(=O)Nc1nc(-c2ncnc3[nH]ccc23)cs1. The van der Waals surface area contributed by atoms with Crippen molar-refractivity contribution in [2.45, 2.75) is 26.7 Å². The molecule has 0 unspecified atom stereocenters. The molecular weight excluding hydrogens is 298 g/mol. The van der Waals surface area contributed by atoms with E-state index in [4.69, 9.17) is 0 Å². The minimum atomic E-state index is 0.00378. The van der Waals surface area contributed by atoms with Crippen LogP contribution in [0.5, 0.6) is 0 Å². The maximum Gasteiger partial charge on any atom is 0.226 e. The van der Waals surface area contributed by atoms with Gasteiger partial charge in [-0.05, 0) is 18.4 Å². The molecule has 3 rings (SSSR count). The van der Waals surface area contributed by atoms with Gasteiger partial charge in [-0.15, -0.1) is 11.3 Å². The van der Waals surface area contributed by atoms with Crippen molar-refractivity contribution in [2.24, 2.45) is 5.92 Å². The molecule has 0 atom stereocenters. The summed E-state index contributed by atoms with van der Waals surface area (Å²) in [7, 11) is 0. The first-order valence-corrected chi connectivity index (χ1v) is 8.05. The molecule has 0 aliphatic carbocycles. The van der Waals surface area contributed by atoms with E-state index in [9.17, 15) is 4.79 Å². The van der Waals surface area contributed by atoms with Crippen LogP contribution in [0.25, 0.3) is 22.4 Å². The van der Waals surface area contributed by atoms with Crippen LogP contribution < -0.4 is 5.32 Å². The Morgan fingerprint density at radius 2 is 2.27 bits per heavy atom. The third kappa shape index (κ3) is 3.14. The van der Waals surface area contributed by atoms with Crippen LogP contribution in [-0.2, 0) is 4.79 Å². The Hall–Kier alpha value is -2.28. The molecule has 0 fully saturated rings. The maximum atomic E-state index is 11.9. The van der Waals surface area contributed by atoms with Crippen molar-refractivity contribution >= 4 is 33.4 Å². The fourth-order valence-corrected chi connectivity index (χ4v) is 2.83. The standard InChI is InChI=1S/C15H17N5OS/c1-9(2)3-4-12(21)20-15-19-11(7-22-15)13-10-5-6-16-14(10)18-8-17-13/h5-9H,3-4H2,1-2H3,(H,16,17,18)(H,19,20,21). The van der Waals surface area contributed by atoms with Gasteiger partial charge in [-0.25, -0.2) is 15.0 Å². The molecule has 7 heteroatoms. The minimum Gasteiger partial charge on any atom is -0.346 e. The van der Waals surface area contributed by atoms with Gasteiger partial charge in [0.05, 0.1) is 0 Å². The van der Waals surface area contributed by atoms with E-state index in [2.05, 4.69) is 39.1 Å². The fourth-order valence-electron chi connectivity index (χ4n) is 2.12. The molecule has 22 heavy (non-hydrogen) atoms. The summed E-state index contributed by atoms with van der Waals surface area (Å²) in [6.07, 6.45) is 4.72. The number of rotatable bonds is 5. The van der Waals surface area contributed by atoms with Crippen molar-refractivity contribution in [1.29, 1.82) is 0 Å². The van der Waals surface area contributed by atoms with Crippen LogP contribution in [0, 0.1) is 5.92 Å². The number of carbonyl (C=O) groups excluding carboxylic acids is 1. The van der Waals surface area contributed by atoms with Gasteiger partial charge >= 0.3 is 0 Å². The molecular formula is C15H17N5OS. The van der Waals surface area contributed by atoms with Gasteiger partial charge in [-0.1, -0.05) is 13.8 Å². The first-order chi connectivity index (χ1) is 10.6. The molecule has 0 spiro atoms. The lowest BCUT2D eigenvalue weighted by Crippen LogP contribution is -2.11. The van der Waals surface area contributed by atoms with Crippen molar-refractivity contribution in [3.05, 3.63) is 24.0 Å². The Kier molecular flexibility index (Phi) is 4.15. The van der Waals surface area contributed by atoms with Crippen LogP contribution in [0.15, 0.2) is 24.0 Å². The van der Waals surface area contributed by atoms with Gasteiger partial charge in [0.25, 0.3) is 0 Å². The Morgan fingerprint density at radius 3 is 3.09 bits per heavy atom. The number of H-pyrrole nitrogens is 1. The number of nitrogens with zero attached hydrogens (tertiary/aromatic N) is 3. The van der Waals surface area contributed by atoms with E-state index in [1.807, 2.05) is 17.6 Å². The molecule has 114 valence electrons. The van der Waals surface area contributed by atoms with E-state index in [1.54, 1.807) is 0 Å². The zero-order chi connectivity index (χ0) is 15.5. The average Bonchev–Trinajstić information content (AvgIpc) is 3.13. The Labute approximate surface area is 132 Å². The number of carbonyl (C=O) groups is 1. The molecule has 0 aliphatic heterocycles. The van der Waals surface area contributed by atoms with Crippen molar-refractivity contribution in [3.63, 3.8) is 0 Å². The second-order valence-electron chi connectivity index (χ2n) is 5.48. The van der Waals surface area contributed by atoms with Crippen LogP contribution >= 0.6 is 11.3 Å². The molecule has 0 aliphatic rings. The number of aromatic amines is 1. The van der Waals surface area contributed by atoms with Crippen molar-refractivity contribution in [2.75, 3.05) is 5.32 Å². The van der Waals surface area contributed by atoms with Gasteiger partial charge < -0.3 is 10.3 Å². The maximum absolute atomic E-state index is 11.9. The zero-order valence-corrected chi connectivity index (χ0v) is 13.3. The van der Waals surface area contributed by atoms with E-state index >= 15 is 0 Å². The zero-order valence-electron chi connectivity index (χ0n) is 12.5. The average molecular weight is 315 g/mol. The highest BCUT2D eigenvalue weighted by molar-refractivity contribution is 7.14. The second-order valence-corrected chi connectivity index (χ2v) is 6.34. The van der Waals surface area contributed by atoms with E-state index in [0.717, 1.165) is 28.8 Å². The minimum absolute atomic E-state index is 0.00378. The lowest BCUT2D eigenvalue weighted by atomic mass is 10.1. The molecule has 1 amide bonds. The fraction of sp³-hybridized carbons (Fsp3) is 0.333. The molecule has 0 saturated carbocycles. The van der Waals surface area contributed by atoms with Gasteiger partial charge in [-0.2, -0.15) is 0 Å². The van der Waals surface area contributed by atoms with Crippen LogP contribution in [0.2, 0.25) is 0 Å². The summed E-state index contributed by atoms with van der Waals surface area (Å²) in [6, 6.07) is 1.92.